The van der Waals surface area contributed by atoms with Crippen molar-refractivity contribution in [3.63, 3.8) is 0 Å². The lowest BCUT2D eigenvalue weighted by Gasteiger charge is -2.09. The van der Waals surface area contributed by atoms with Crippen LogP contribution in [0.25, 0.3) is 0 Å². The molecule has 0 aliphatic carbocycles. The molecule has 0 aliphatic rings. The van der Waals surface area contributed by atoms with E-state index in [1.165, 1.54) is 0 Å². The molecule has 0 bridgehead atoms. The van der Waals surface area contributed by atoms with Gasteiger partial charge in [0.1, 0.15) is 18.5 Å². The number of rotatable bonds is 4. The summed E-state index contributed by atoms with van der Waals surface area (Å²) in [6.07, 6.45) is -0.595. The van der Waals surface area contributed by atoms with E-state index in [4.69, 9.17) is 21.4 Å². The van der Waals surface area contributed by atoms with Gasteiger partial charge in [-0.2, -0.15) is 0 Å². The van der Waals surface area contributed by atoms with E-state index in [1.807, 2.05) is 31.2 Å². The summed E-state index contributed by atoms with van der Waals surface area (Å²) < 4.78 is 5.31. The fourth-order valence-electron chi connectivity index (χ4n) is 0.942. The Morgan fingerprint density at radius 1 is 1.54 bits per heavy atom. The van der Waals surface area contributed by atoms with Crippen molar-refractivity contribution in [2.45, 2.75) is 13.0 Å². The second-order valence-electron chi connectivity index (χ2n) is 2.94. The molecular formula is C10H13ClO2. The molecule has 0 aromatic heterocycles. The van der Waals surface area contributed by atoms with Crippen LogP contribution in [-0.4, -0.2) is 23.7 Å². The van der Waals surface area contributed by atoms with E-state index in [-0.39, 0.29) is 12.5 Å². The summed E-state index contributed by atoms with van der Waals surface area (Å²) in [5.41, 5.74) is 1.14. The van der Waals surface area contributed by atoms with Gasteiger partial charge in [0.2, 0.25) is 0 Å². The summed E-state index contributed by atoms with van der Waals surface area (Å²) in [5.74, 6) is 0.968. The summed E-state index contributed by atoms with van der Waals surface area (Å²) in [6.45, 7) is 2.23. The first-order valence-corrected chi connectivity index (χ1v) is 4.69. The topological polar surface area (TPSA) is 29.5 Å². The summed E-state index contributed by atoms with van der Waals surface area (Å²) in [6, 6.07) is 7.68. The average molecular weight is 201 g/mol. The molecule has 0 saturated carbocycles. The number of hydrogen-bond acceptors (Lipinski definition) is 2. The molecule has 0 amide bonds. The third-order valence-corrected chi connectivity index (χ3v) is 1.97. The monoisotopic (exact) mass is 200 g/mol. The Morgan fingerprint density at radius 2 is 2.31 bits per heavy atom. The maximum atomic E-state index is 9.13. The number of benzene rings is 1. The molecule has 0 saturated heterocycles. The van der Waals surface area contributed by atoms with Gasteiger partial charge in [0, 0.05) is 0 Å². The number of hydrogen-bond donors (Lipinski definition) is 1. The highest BCUT2D eigenvalue weighted by atomic mass is 35.5. The van der Waals surface area contributed by atoms with Gasteiger partial charge in [-0.25, -0.2) is 0 Å². The van der Waals surface area contributed by atoms with E-state index >= 15 is 0 Å². The molecule has 2 nitrogen and oxygen atoms in total. The average Bonchev–Trinajstić information content (AvgIpc) is 2.14. The quantitative estimate of drug-likeness (QED) is 0.754. The van der Waals surface area contributed by atoms with Crippen LogP contribution in [0.4, 0.5) is 0 Å². The molecule has 1 N–H and O–H groups in total. The number of aliphatic hydroxyl groups excluding tert-OH is 1. The Kier molecular flexibility index (Phi) is 4.06. The second kappa shape index (κ2) is 5.10. The number of alkyl halides is 1. The fraction of sp³-hybridized carbons (Fsp3) is 0.400. The highest BCUT2D eigenvalue weighted by Gasteiger charge is 2.02. The van der Waals surface area contributed by atoms with Gasteiger partial charge in [0.05, 0.1) is 5.88 Å². The maximum absolute atomic E-state index is 9.13. The van der Waals surface area contributed by atoms with E-state index in [0.29, 0.717) is 0 Å². The molecule has 72 valence electrons. The van der Waals surface area contributed by atoms with Gasteiger partial charge in [-0.3, -0.25) is 0 Å². The predicted molar refractivity (Wildman–Crippen MR) is 53.4 cm³/mol. The van der Waals surface area contributed by atoms with E-state index in [0.717, 1.165) is 11.3 Å². The van der Waals surface area contributed by atoms with Crippen LogP contribution in [0, 0.1) is 6.92 Å². The molecule has 0 unspecified atom stereocenters. The van der Waals surface area contributed by atoms with Crippen molar-refractivity contribution in [1.29, 1.82) is 0 Å². The molecule has 0 radical (unpaired) electrons. The smallest absolute Gasteiger partial charge is 0.119 e. The lowest BCUT2D eigenvalue weighted by Crippen LogP contribution is -2.18. The maximum Gasteiger partial charge on any atom is 0.119 e. The first-order valence-electron chi connectivity index (χ1n) is 4.16. The van der Waals surface area contributed by atoms with Crippen molar-refractivity contribution in [1.82, 2.24) is 0 Å². The first-order chi connectivity index (χ1) is 6.22. The van der Waals surface area contributed by atoms with E-state index in [1.54, 1.807) is 0 Å². The summed E-state index contributed by atoms with van der Waals surface area (Å²) in [7, 11) is 0. The Balaban J connectivity index is 2.45. The van der Waals surface area contributed by atoms with Crippen LogP contribution in [-0.2, 0) is 0 Å². The number of halogens is 1. The SMILES string of the molecule is Cc1cccc(OC[C@@H](O)CCl)c1. The van der Waals surface area contributed by atoms with Gasteiger partial charge in [0.15, 0.2) is 0 Å². The van der Waals surface area contributed by atoms with Crippen molar-refractivity contribution < 1.29 is 9.84 Å². The van der Waals surface area contributed by atoms with Gasteiger partial charge in [-0.15, -0.1) is 11.6 Å². The van der Waals surface area contributed by atoms with Crippen molar-refractivity contribution in [2.75, 3.05) is 12.5 Å². The molecule has 1 aromatic carbocycles. The third-order valence-electron chi connectivity index (χ3n) is 1.61. The molecule has 13 heavy (non-hydrogen) atoms. The molecule has 3 heteroatoms. The van der Waals surface area contributed by atoms with Crippen molar-refractivity contribution >= 4 is 11.6 Å². The van der Waals surface area contributed by atoms with Crippen LogP contribution < -0.4 is 4.74 Å². The minimum atomic E-state index is -0.595. The Bertz CT molecular complexity index is 263. The second-order valence-corrected chi connectivity index (χ2v) is 3.24. The highest BCUT2D eigenvalue weighted by Crippen LogP contribution is 2.12. The lowest BCUT2D eigenvalue weighted by molar-refractivity contribution is 0.125. The van der Waals surface area contributed by atoms with E-state index < -0.39 is 6.10 Å². The highest BCUT2D eigenvalue weighted by molar-refractivity contribution is 6.18. The minimum Gasteiger partial charge on any atom is -0.491 e. The number of aliphatic hydroxyl groups is 1. The molecule has 0 spiro atoms. The first kappa shape index (κ1) is 10.4. The zero-order chi connectivity index (χ0) is 9.68. The number of aryl methyl sites for hydroxylation is 1. The molecule has 1 aromatic rings. The van der Waals surface area contributed by atoms with Gasteiger partial charge >= 0.3 is 0 Å². The molecule has 1 rings (SSSR count). The van der Waals surface area contributed by atoms with Gasteiger partial charge in [-0.05, 0) is 24.6 Å². The largest absolute Gasteiger partial charge is 0.491 e. The minimum absolute atomic E-state index is 0.200. The fourth-order valence-corrected chi connectivity index (χ4v) is 1.03. The van der Waals surface area contributed by atoms with Crippen LogP contribution in [0.3, 0.4) is 0 Å². The Hall–Kier alpha value is -0.730. The van der Waals surface area contributed by atoms with E-state index in [9.17, 15) is 0 Å². The van der Waals surface area contributed by atoms with Crippen LogP contribution in [0.5, 0.6) is 5.75 Å². The van der Waals surface area contributed by atoms with Crippen LogP contribution in [0.15, 0.2) is 24.3 Å². The lowest BCUT2D eigenvalue weighted by atomic mass is 10.2. The standard InChI is InChI=1S/C10H13ClO2/c1-8-3-2-4-10(5-8)13-7-9(12)6-11/h2-5,9,12H,6-7H2,1H3/t9-/m0/s1. The predicted octanol–water partition coefficient (Wildman–Crippen LogP) is 1.97. The van der Waals surface area contributed by atoms with Crippen LogP contribution in [0.1, 0.15) is 5.56 Å². The Labute approximate surface area is 83.1 Å². The zero-order valence-corrected chi connectivity index (χ0v) is 8.29. The summed E-state index contributed by atoms with van der Waals surface area (Å²) in [5, 5.41) is 9.13. The molecular weight excluding hydrogens is 188 g/mol. The van der Waals surface area contributed by atoms with Crippen molar-refractivity contribution in [3.05, 3.63) is 29.8 Å². The summed E-state index contributed by atoms with van der Waals surface area (Å²) in [4.78, 5) is 0. The zero-order valence-electron chi connectivity index (χ0n) is 7.53. The molecule has 0 aliphatic heterocycles. The summed E-state index contributed by atoms with van der Waals surface area (Å²) >= 11 is 5.42. The van der Waals surface area contributed by atoms with Crippen molar-refractivity contribution in [2.24, 2.45) is 0 Å². The third kappa shape index (κ3) is 3.66. The molecule has 1 atom stereocenters. The van der Waals surface area contributed by atoms with Crippen molar-refractivity contribution in [3.8, 4) is 5.75 Å². The number of ether oxygens (including phenoxy) is 1. The van der Waals surface area contributed by atoms with Crippen LogP contribution >= 0.6 is 11.6 Å². The molecule has 0 heterocycles. The molecule has 0 fully saturated rings. The van der Waals surface area contributed by atoms with Gasteiger partial charge in [0.25, 0.3) is 0 Å². The Morgan fingerprint density at radius 3 is 2.92 bits per heavy atom. The van der Waals surface area contributed by atoms with Gasteiger partial charge in [-0.1, -0.05) is 12.1 Å². The van der Waals surface area contributed by atoms with Gasteiger partial charge < -0.3 is 9.84 Å². The van der Waals surface area contributed by atoms with E-state index in [2.05, 4.69) is 0 Å². The normalized spacial score (nSPS) is 12.5. The van der Waals surface area contributed by atoms with Crippen LogP contribution in [0.2, 0.25) is 0 Å².